The molecule has 5 heteroatoms. The van der Waals surface area contributed by atoms with Gasteiger partial charge in [-0.25, -0.2) is 0 Å². The molecule has 0 aliphatic rings. The lowest BCUT2D eigenvalue weighted by Crippen LogP contribution is -2.19. The van der Waals surface area contributed by atoms with Crippen LogP contribution in [-0.2, 0) is 6.54 Å². The number of nitrogens with two attached hydrogens (primary N) is 1. The Balaban J connectivity index is 2.69. The highest BCUT2D eigenvalue weighted by Crippen LogP contribution is 2.26. The van der Waals surface area contributed by atoms with Crippen LogP contribution in [0.3, 0.4) is 0 Å². The summed E-state index contributed by atoms with van der Waals surface area (Å²) in [5.41, 5.74) is 7.30. The van der Waals surface area contributed by atoms with Crippen LogP contribution in [-0.4, -0.2) is 28.4 Å². The lowest BCUT2D eigenvalue weighted by Gasteiger charge is -2.16. The van der Waals surface area contributed by atoms with Crippen molar-refractivity contribution in [1.29, 1.82) is 0 Å². The lowest BCUT2D eigenvalue weighted by atomic mass is 10.2. The molecule has 104 valence electrons. The number of aromatic nitrogens is 2. The van der Waals surface area contributed by atoms with Gasteiger partial charge < -0.3 is 10.5 Å². The molecule has 1 aromatic rings. The molecule has 4 nitrogen and oxygen atoms in total. The third-order valence-corrected chi connectivity index (χ3v) is 4.10. The molecule has 18 heavy (non-hydrogen) atoms. The molecule has 0 aliphatic heterocycles. The number of nitrogens with zero attached hydrogens (tertiary/aromatic N) is 2. The highest BCUT2D eigenvalue weighted by molar-refractivity contribution is 7.99. The maximum Gasteiger partial charge on any atom is 0.161 e. The molecule has 0 aromatic carbocycles. The Labute approximate surface area is 114 Å². The van der Waals surface area contributed by atoms with E-state index in [1.807, 2.05) is 16.4 Å². The largest absolute Gasteiger partial charge is 0.493 e. The van der Waals surface area contributed by atoms with Gasteiger partial charge in [0.1, 0.15) is 0 Å². The zero-order valence-corrected chi connectivity index (χ0v) is 12.7. The van der Waals surface area contributed by atoms with E-state index in [1.54, 1.807) is 13.3 Å². The SMILES string of the molecule is CCCn1ncc(OC)c1C(N)CSCC(C)C. The third kappa shape index (κ3) is 4.21. The molecule has 0 aliphatic carbocycles. The van der Waals surface area contributed by atoms with Crippen LogP contribution in [0.5, 0.6) is 5.75 Å². The minimum absolute atomic E-state index is 0.0160. The molecule has 1 heterocycles. The average molecular weight is 271 g/mol. The molecule has 0 saturated carbocycles. The number of ether oxygens (including phenoxy) is 1. The van der Waals surface area contributed by atoms with Gasteiger partial charge in [-0.15, -0.1) is 0 Å². The molecule has 1 rings (SSSR count). The van der Waals surface area contributed by atoms with Crippen molar-refractivity contribution < 1.29 is 4.74 Å². The van der Waals surface area contributed by atoms with Crippen molar-refractivity contribution in [3.05, 3.63) is 11.9 Å². The fourth-order valence-corrected chi connectivity index (χ4v) is 2.83. The van der Waals surface area contributed by atoms with Crippen LogP contribution in [0.2, 0.25) is 0 Å². The van der Waals surface area contributed by atoms with Crippen molar-refractivity contribution in [3.63, 3.8) is 0 Å². The van der Waals surface area contributed by atoms with Crippen LogP contribution in [0.15, 0.2) is 6.20 Å². The van der Waals surface area contributed by atoms with Gasteiger partial charge in [0.2, 0.25) is 0 Å². The van der Waals surface area contributed by atoms with Crippen molar-refractivity contribution in [2.75, 3.05) is 18.6 Å². The van der Waals surface area contributed by atoms with Gasteiger partial charge in [-0.1, -0.05) is 20.8 Å². The van der Waals surface area contributed by atoms with Gasteiger partial charge in [-0.2, -0.15) is 16.9 Å². The fraction of sp³-hybridized carbons (Fsp3) is 0.769. The Hall–Kier alpha value is -0.680. The highest BCUT2D eigenvalue weighted by Gasteiger charge is 2.18. The minimum atomic E-state index is -0.0160. The standard InChI is InChI=1S/C13H25N3OS/c1-5-6-16-13(12(17-4)7-15-16)11(14)9-18-8-10(2)3/h7,10-11H,5-6,8-9,14H2,1-4H3. The zero-order valence-electron chi connectivity index (χ0n) is 11.8. The van der Waals surface area contributed by atoms with Crippen molar-refractivity contribution in [1.82, 2.24) is 9.78 Å². The quantitative estimate of drug-likeness (QED) is 0.790. The van der Waals surface area contributed by atoms with Crippen molar-refractivity contribution in [2.24, 2.45) is 11.7 Å². The molecule has 1 aromatic heterocycles. The third-order valence-electron chi connectivity index (χ3n) is 2.60. The van der Waals surface area contributed by atoms with Crippen LogP contribution >= 0.6 is 11.8 Å². The molecule has 0 bridgehead atoms. The van der Waals surface area contributed by atoms with Gasteiger partial charge in [0.05, 0.1) is 25.0 Å². The summed E-state index contributed by atoms with van der Waals surface area (Å²) in [5, 5.41) is 4.34. The second-order valence-electron chi connectivity index (χ2n) is 4.86. The number of thioether (sulfide) groups is 1. The van der Waals surface area contributed by atoms with E-state index >= 15 is 0 Å². The van der Waals surface area contributed by atoms with E-state index in [9.17, 15) is 0 Å². The molecule has 1 atom stereocenters. The topological polar surface area (TPSA) is 53.1 Å². The van der Waals surface area contributed by atoms with E-state index in [0.29, 0.717) is 5.92 Å². The number of aryl methyl sites for hydroxylation is 1. The summed E-state index contributed by atoms with van der Waals surface area (Å²) >= 11 is 1.89. The monoisotopic (exact) mass is 271 g/mol. The molecule has 0 spiro atoms. The molecule has 0 radical (unpaired) electrons. The number of methoxy groups -OCH3 is 1. The first-order chi connectivity index (χ1) is 8.60. The van der Waals surface area contributed by atoms with Crippen molar-refractivity contribution in [2.45, 2.75) is 39.8 Å². The van der Waals surface area contributed by atoms with Crippen LogP contribution in [0.25, 0.3) is 0 Å². The summed E-state index contributed by atoms with van der Waals surface area (Å²) in [4.78, 5) is 0. The number of rotatable bonds is 8. The van der Waals surface area contributed by atoms with Gasteiger partial charge in [-0.3, -0.25) is 4.68 Å². The second kappa shape index (κ2) is 7.69. The summed E-state index contributed by atoms with van der Waals surface area (Å²) in [6.45, 7) is 7.47. The van der Waals surface area contributed by atoms with Crippen LogP contribution < -0.4 is 10.5 Å². The van der Waals surface area contributed by atoms with E-state index in [0.717, 1.165) is 35.9 Å². The Morgan fingerprint density at radius 3 is 2.72 bits per heavy atom. The molecular formula is C13H25N3OS. The summed E-state index contributed by atoms with van der Waals surface area (Å²) in [6.07, 6.45) is 2.81. The normalized spacial score (nSPS) is 13.0. The first-order valence-corrected chi connectivity index (χ1v) is 7.68. The van der Waals surface area contributed by atoms with Gasteiger partial charge in [0.15, 0.2) is 5.75 Å². The Kier molecular flexibility index (Phi) is 6.57. The summed E-state index contributed by atoms with van der Waals surface area (Å²) in [7, 11) is 1.67. The minimum Gasteiger partial charge on any atom is -0.493 e. The summed E-state index contributed by atoms with van der Waals surface area (Å²) in [5.74, 6) is 3.55. The maximum absolute atomic E-state index is 6.27. The van der Waals surface area contributed by atoms with Gasteiger partial charge in [-0.05, 0) is 18.1 Å². The van der Waals surface area contributed by atoms with Gasteiger partial charge >= 0.3 is 0 Å². The van der Waals surface area contributed by atoms with Crippen molar-refractivity contribution in [3.8, 4) is 5.75 Å². The smallest absolute Gasteiger partial charge is 0.161 e. The molecule has 2 N–H and O–H groups in total. The average Bonchev–Trinajstić information content (AvgIpc) is 2.72. The highest BCUT2D eigenvalue weighted by atomic mass is 32.2. The van der Waals surface area contributed by atoms with E-state index in [-0.39, 0.29) is 6.04 Å². The van der Waals surface area contributed by atoms with E-state index in [1.165, 1.54) is 0 Å². The predicted molar refractivity (Wildman–Crippen MR) is 78.2 cm³/mol. The molecule has 0 fully saturated rings. The first kappa shape index (κ1) is 15.4. The van der Waals surface area contributed by atoms with E-state index in [2.05, 4.69) is 25.9 Å². The Morgan fingerprint density at radius 2 is 2.17 bits per heavy atom. The zero-order chi connectivity index (χ0) is 13.5. The number of hydrogen-bond acceptors (Lipinski definition) is 4. The van der Waals surface area contributed by atoms with Gasteiger partial charge in [0.25, 0.3) is 0 Å². The Bertz CT molecular complexity index is 352. The maximum atomic E-state index is 6.27. The second-order valence-corrected chi connectivity index (χ2v) is 5.93. The van der Waals surface area contributed by atoms with E-state index < -0.39 is 0 Å². The Morgan fingerprint density at radius 1 is 1.44 bits per heavy atom. The predicted octanol–water partition coefficient (Wildman–Crippen LogP) is 2.69. The molecular weight excluding hydrogens is 246 g/mol. The lowest BCUT2D eigenvalue weighted by molar-refractivity contribution is 0.403. The summed E-state index contributed by atoms with van der Waals surface area (Å²) in [6, 6.07) is -0.0160. The van der Waals surface area contributed by atoms with Gasteiger partial charge in [0, 0.05) is 12.3 Å². The van der Waals surface area contributed by atoms with Crippen LogP contribution in [0.4, 0.5) is 0 Å². The molecule has 0 amide bonds. The van der Waals surface area contributed by atoms with Crippen LogP contribution in [0, 0.1) is 5.92 Å². The first-order valence-electron chi connectivity index (χ1n) is 6.53. The molecule has 0 saturated heterocycles. The summed E-state index contributed by atoms with van der Waals surface area (Å²) < 4.78 is 7.32. The van der Waals surface area contributed by atoms with Crippen LogP contribution in [0.1, 0.15) is 38.9 Å². The molecule has 1 unspecified atom stereocenters. The van der Waals surface area contributed by atoms with Crippen molar-refractivity contribution >= 4 is 11.8 Å². The number of hydrogen-bond donors (Lipinski definition) is 1. The fourth-order valence-electron chi connectivity index (χ4n) is 1.81. The van der Waals surface area contributed by atoms with E-state index in [4.69, 9.17) is 10.5 Å².